The van der Waals surface area contributed by atoms with Crippen molar-refractivity contribution < 1.29 is 0 Å². The van der Waals surface area contributed by atoms with Gasteiger partial charge in [-0.1, -0.05) is 13.1 Å². The van der Waals surface area contributed by atoms with Crippen LogP contribution in [0.25, 0.3) is 0 Å². The molecule has 1 fully saturated rings. The van der Waals surface area contributed by atoms with E-state index in [1.807, 2.05) is 0 Å². The van der Waals surface area contributed by atoms with Crippen LogP contribution in [0.5, 0.6) is 0 Å². The smallest absolute Gasteiger partial charge is 0.0654 e. The van der Waals surface area contributed by atoms with E-state index in [-0.39, 0.29) is 0 Å². The normalized spacial score (nSPS) is 27.1. The lowest BCUT2D eigenvalue weighted by atomic mass is 10.4. The van der Waals surface area contributed by atoms with Gasteiger partial charge in [-0.25, -0.2) is 0 Å². The molecule has 1 heterocycles. The van der Waals surface area contributed by atoms with Crippen molar-refractivity contribution in [3.05, 3.63) is 6.42 Å². The van der Waals surface area contributed by atoms with Crippen molar-refractivity contribution in [1.29, 1.82) is 0 Å². The van der Waals surface area contributed by atoms with E-state index in [0.717, 1.165) is 0 Å². The molecule has 0 amide bonds. The Labute approximate surface area is 46.9 Å². The highest BCUT2D eigenvalue weighted by atomic mass is 28.3. The quantitative estimate of drug-likeness (QED) is 0.334. The fourth-order valence-electron chi connectivity index (χ4n) is 1.09. The van der Waals surface area contributed by atoms with Gasteiger partial charge in [-0.15, -0.1) is 0 Å². The van der Waals surface area contributed by atoms with E-state index in [1.165, 1.54) is 18.5 Å². The topological polar surface area (TPSA) is 0 Å². The summed E-state index contributed by atoms with van der Waals surface area (Å²) in [5.74, 6) is 0. The second-order valence-corrected chi connectivity index (χ2v) is 8.43. The first-order chi connectivity index (χ1) is 3.21. The minimum absolute atomic E-state index is 0.596. The zero-order valence-electron chi connectivity index (χ0n) is 5.20. The summed E-state index contributed by atoms with van der Waals surface area (Å²) >= 11 is 0. The van der Waals surface area contributed by atoms with E-state index in [4.69, 9.17) is 0 Å². The van der Waals surface area contributed by atoms with Gasteiger partial charge >= 0.3 is 0 Å². The molecule has 1 heteroatoms. The van der Waals surface area contributed by atoms with Crippen LogP contribution in [0.3, 0.4) is 0 Å². The molecule has 40 valence electrons. The fourth-order valence-corrected chi connectivity index (χ4v) is 3.26. The predicted octanol–water partition coefficient (Wildman–Crippen LogP) is 2.30. The molecular weight excluding hydrogens is 100 g/mol. The average molecular weight is 113 g/mol. The lowest BCUT2D eigenvalue weighted by molar-refractivity contribution is 1.15. The molecule has 0 radical (unpaired) electrons. The third kappa shape index (κ3) is 1.23. The predicted molar refractivity (Wildman–Crippen MR) is 36.0 cm³/mol. The minimum atomic E-state index is -0.596. The van der Waals surface area contributed by atoms with E-state index in [2.05, 4.69) is 19.5 Å². The van der Waals surface area contributed by atoms with Gasteiger partial charge < -0.3 is 0 Å². The van der Waals surface area contributed by atoms with Gasteiger partial charge in [0.25, 0.3) is 0 Å². The summed E-state index contributed by atoms with van der Waals surface area (Å²) < 4.78 is 0. The second kappa shape index (κ2) is 1.55. The van der Waals surface area contributed by atoms with Crippen molar-refractivity contribution in [3.63, 3.8) is 0 Å². The van der Waals surface area contributed by atoms with Crippen LogP contribution in [0.15, 0.2) is 0 Å². The minimum Gasteiger partial charge on any atom is -0.0654 e. The summed E-state index contributed by atoms with van der Waals surface area (Å²) in [5.41, 5.74) is 0. The van der Waals surface area contributed by atoms with Crippen LogP contribution < -0.4 is 0 Å². The highest BCUT2D eigenvalue weighted by molar-refractivity contribution is 6.78. The third-order valence-corrected chi connectivity index (χ3v) is 4.76. The Morgan fingerprint density at radius 2 is 2.14 bits per heavy atom. The first kappa shape index (κ1) is 5.23. The molecule has 7 heavy (non-hydrogen) atoms. The molecule has 0 aliphatic carbocycles. The maximum atomic E-state index is 2.47. The van der Waals surface area contributed by atoms with E-state index >= 15 is 0 Å². The number of rotatable bonds is 0. The number of hydrogen-bond donors (Lipinski definition) is 0. The van der Waals surface area contributed by atoms with Crippen LogP contribution in [0.4, 0.5) is 0 Å². The average Bonchev–Trinajstić information content (AvgIpc) is 1.84. The second-order valence-electron chi connectivity index (χ2n) is 3.20. The molecule has 1 rings (SSSR count). The molecule has 0 atom stereocenters. The Kier molecular flexibility index (Phi) is 1.16. The number of hydrogen-bond acceptors (Lipinski definition) is 0. The molecule has 0 saturated carbocycles. The van der Waals surface area contributed by atoms with Gasteiger partial charge in [0.05, 0.1) is 18.9 Å². The van der Waals surface area contributed by atoms with Gasteiger partial charge in [-0.05, 0) is 6.04 Å². The van der Waals surface area contributed by atoms with E-state index in [9.17, 15) is 0 Å². The largest absolute Gasteiger partial charge is 0.105 e. The molecular formula is C6H13Si+. The zero-order chi connectivity index (χ0) is 5.33. The van der Waals surface area contributed by atoms with E-state index in [0.29, 0.717) is 0 Å². The summed E-state index contributed by atoms with van der Waals surface area (Å²) in [6, 6.07) is 3.00. The zero-order valence-corrected chi connectivity index (χ0v) is 6.20. The molecule has 0 bridgehead atoms. The lowest BCUT2D eigenvalue weighted by Crippen LogP contribution is -2.17. The fraction of sp³-hybridized carbons (Fsp3) is 0.833. The van der Waals surface area contributed by atoms with Crippen LogP contribution in [0, 0.1) is 6.42 Å². The van der Waals surface area contributed by atoms with Gasteiger partial charge in [0.2, 0.25) is 0 Å². The lowest BCUT2D eigenvalue weighted by Gasteiger charge is -2.04. The van der Waals surface area contributed by atoms with Crippen molar-refractivity contribution in [1.82, 2.24) is 0 Å². The first-order valence-corrected chi connectivity index (χ1v) is 6.44. The summed E-state index contributed by atoms with van der Waals surface area (Å²) in [6.45, 7) is 4.94. The first-order valence-electron chi connectivity index (χ1n) is 3.02. The summed E-state index contributed by atoms with van der Waals surface area (Å²) in [5, 5.41) is 0. The highest BCUT2D eigenvalue weighted by Gasteiger charge is 2.31. The maximum absolute atomic E-state index is 2.47. The van der Waals surface area contributed by atoms with Gasteiger partial charge in [-0.3, -0.25) is 0 Å². The summed E-state index contributed by atoms with van der Waals surface area (Å²) in [6.07, 6.45) is 3.85. The van der Waals surface area contributed by atoms with Crippen LogP contribution in [-0.4, -0.2) is 8.07 Å². The van der Waals surface area contributed by atoms with Crippen molar-refractivity contribution >= 4 is 8.07 Å². The van der Waals surface area contributed by atoms with Gasteiger partial charge in [0.1, 0.15) is 8.07 Å². The summed E-state index contributed by atoms with van der Waals surface area (Å²) in [4.78, 5) is 0. The van der Waals surface area contributed by atoms with Gasteiger partial charge in [0, 0.05) is 0 Å². The van der Waals surface area contributed by atoms with Gasteiger partial charge in [-0.2, -0.15) is 0 Å². The van der Waals surface area contributed by atoms with Gasteiger partial charge in [0.15, 0.2) is 0 Å². The molecule has 1 aliphatic rings. The van der Waals surface area contributed by atoms with Crippen LogP contribution >= 0.6 is 0 Å². The Bertz CT molecular complexity index is 58.6. The third-order valence-electron chi connectivity index (χ3n) is 1.72. The van der Waals surface area contributed by atoms with Crippen molar-refractivity contribution in [2.24, 2.45) is 0 Å². The highest BCUT2D eigenvalue weighted by Crippen LogP contribution is 2.27. The molecule has 0 N–H and O–H groups in total. The Balaban J connectivity index is 2.40. The Morgan fingerprint density at radius 1 is 1.43 bits per heavy atom. The SMILES string of the molecule is C[Si]1(C)C[CH+]CC1. The van der Waals surface area contributed by atoms with Crippen LogP contribution in [0.2, 0.25) is 25.2 Å². The molecule has 0 aromatic rings. The van der Waals surface area contributed by atoms with Crippen LogP contribution in [0.1, 0.15) is 6.42 Å². The Morgan fingerprint density at radius 3 is 2.29 bits per heavy atom. The monoisotopic (exact) mass is 113 g/mol. The summed E-state index contributed by atoms with van der Waals surface area (Å²) in [7, 11) is -0.596. The molecule has 1 saturated heterocycles. The van der Waals surface area contributed by atoms with Crippen molar-refractivity contribution in [2.45, 2.75) is 31.6 Å². The van der Waals surface area contributed by atoms with Crippen molar-refractivity contribution in [2.75, 3.05) is 0 Å². The van der Waals surface area contributed by atoms with E-state index in [1.54, 1.807) is 0 Å². The van der Waals surface area contributed by atoms with Crippen molar-refractivity contribution in [3.8, 4) is 0 Å². The maximum Gasteiger partial charge on any atom is 0.105 e. The molecule has 0 aromatic carbocycles. The molecule has 0 nitrogen and oxygen atoms in total. The standard InChI is InChI=1S/C6H13Si/c1-7(2)5-3-4-6-7/h3H,4-6H2,1-2H3/q+1. The Hall–Kier alpha value is 0.0869. The van der Waals surface area contributed by atoms with E-state index < -0.39 is 8.07 Å². The molecule has 0 aromatic heterocycles. The molecule has 1 aliphatic heterocycles. The van der Waals surface area contributed by atoms with Crippen LogP contribution in [-0.2, 0) is 0 Å². The molecule has 0 spiro atoms. The molecule has 0 unspecified atom stereocenters.